The minimum Gasteiger partial charge on any atom is -0.350 e. The van der Waals surface area contributed by atoms with Crippen LogP contribution in [0.3, 0.4) is 0 Å². The standard InChI is InChI=1S/C22H21F3N4O2/c1-14-8-10-17(11-9-14)29-19(22(23,24)25)18(13-27-29)21(31)28-15(2)20(30)26-12-16-6-4-3-5-7-16/h3-11,13,15H,12H2,1-2H3,(H,26,30)(H,28,31). The van der Waals surface area contributed by atoms with Crippen molar-refractivity contribution in [2.75, 3.05) is 0 Å². The fourth-order valence-corrected chi connectivity index (χ4v) is 2.95. The highest BCUT2D eigenvalue weighted by atomic mass is 19.4. The van der Waals surface area contributed by atoms with Crippen molar-refractivity contribution >= 4 is 11.8 Å². The molecule has 162 valence electrons. The summed E-state index contributed by atoms with van der Waals surface area (Å²) in [5.41, 5.74) is 0.0399. The molecule has 1 unspecified atom stereocenters. The van der Waals surface area contributed by atoms with Crippen LogP contribution in [0.5, 0.6) is 0 Å². The number of carbonyl (C=O) groups is 2. The van der Waals surface area contributed by atoms with Crippen molar-refractivity contribution in [2.45, 2.75) is 32.6 Å². The lowest BCUT2D eigenvalue weighted by Crippen LogP contribution is -2.44. The quantitative estimate of drug-likeness (QED) is 0.627. The van der Waals surface area contributed by atoms with Crippen molar-refractivity contribution in [3.05, 3.63) is 83.2 Å². The largest absolute Gasteiger partial charge is 0.434 e. The number of hydrogen-bond donors (Lipinski definition) is 2. The SMILES string of the molecule is Cc1ccc(-n2ncc(C(=O)NC(C)C(=O)NCc3ccccc3)c2C(F)(F)F)cc1. The van der Waals surface area contributed by atoms with Gasteiger partial charge in [0, 0.05) is 6.54 Å². The van der Waals surface area contributed by atoms with Gasteiger partial charge in [-0.2, -0.15) is 18.3 Å². The van der Waals surface area contributed by atoms with Crippen molar-refractivity contribution in [3.8, 4) is 5.69 Å². The van der Waals surface area contributed by atoms with Crippen LogP contribution in [0, 0.1) is 6.92 Å². The number of halogens is 3. The van der Waals surface area contributed by atoms with Gasteiger partial charge in [-0.05, 0) is 31.5 Å². The minimum absolute atomic E-state index is 0.172. The maximum absolute atomic E-state index is 13.8. The number of aryl methyl sites for hydroxylation is 1. The molecule has 2 N–H and O–H groups in total. The molecule has 0 bridgehead atoms. The summed E-state index contributed by atoms with van der Waals surface area (Å²) < 4.78 is 41.9. The first kappa shape index (κ1) is 22.1. The molecule has 2 amide bonds. The number of hydrogen-bond acceptors (Lipinski definition) is 3. The molecule has 6 nitrogen and oxygen atoms in total. The Balaban J connectivity index is 1.76. The first-order chi connectivity index (χ1) is 14.7. The first-order valence-corrected chi connectivity index (χ1v) is 9.51. The molecule has 0 radical (unpaired) electrons. The molecule has 0 aliphatic carbocycles. The van der Waals surface area contributed by atoms with Gasteiger partial charge in [-0.15, -0.1) is 0 Å². The van der Waals surface area contributed by atoms with Crippen molar-refractivity contribution in [1.82, 2.24) is 20.4 Å². The van der Waals surface area contributed by atoms with Gasteiger partial charge in [-0.1, -0.05) is 48.0 Å². The summed E-state index contributed by atoms with van der Waals surface area (Å²) in [6, 6.07) is 14.3. The zero-order valence-corrected chi connectivity index (χ0v) is 16.9. The number of carbonyl (C=O) groups excluding carboxylic acids is 2. The highest BCUT2D eigenvalue weighted by Gasteiger charge is 2.40. The van der Waals surface area contributed by atoms with E-state index in [0.29, 0.717) is 4.68 Å². The van der Waals surface area contributed by atoms with Gasteiger partial charge in [0.05, 0.1) is 17.4 Å². The number of rotatable bonds is 6. The number of alkyl halides is 3. The Bertz CT molecular complexity index is 1060. The maximum atomic E-state index is 13.8. The lowest BCUT2D eigenvalue weighted by molar-refractivity contribution is -0.143. The molecular formula is C22H21F3N4O2. The molecule has 0 spiro atoms. The predicted octanol–water partition coefficient (Wildman–Crippen LogP) is 3.63. The molecule has 1 aromatic heterocycles. The molecule has 3 rings (SSSR count). The van der Waals surface area contributed by atoms with E-state index in [0.717, 1.165) is 17.3 Å². The minimum atomic E-state index is -4.83. The average Bonchev–Trinajstić information content (AvgIpc) is 3.19. The van der Waals surface area contributed by atoms with Crippen LogP contribution in [0.25, 0.3) is 5.69 Å². The Kier molecular flexibility index (Phi) is 6.43. The Labute approximate surface area is 177 Å². The second-order valence-corrected chi connectivity index (χ2v) is 7.05. The van der Waals surface area contributed by atoms with Gasteiger partial charge in [0.15, 0.2) is 5.69 Å². The van der Waals surface area contributed by atoms with Crippen LogP contribution in [0.4, 0.5) is 13.2 Å². The molecule has 0 saturated heterocycles. The molecular weight excluding hydrogens is 409 g/mol. The van der Waals surface area contributed by atoms with Gasteiger partial charge >= 0.3 is 6.18 Å². The van der Waals surface area contributed by atoms with Gasteiger partial charge < -0.3 is 10.6 Å². The lowest BCUT2D eigenvalue weighted by Gasteiger charge is -2.16. The van der Waals surface area contributed by atoms with E-state index in [2.05, 4.69) is 15.7 Å². The summed E-state index contributed by atoms with van der Waals surface area (Å²) in [7, 11) is 0. The average molecular weight is 430 g/mol. The van der Waals surface area contributed by atoms with E-state index in [1.165, 1.54) is 19.1 Å². The van der Waals surface area contributed by atoms with E-state index < -0.39 is 35.3 Å². The first-order valence-electron chi connectivity index (χ1n) is 9.51. The third kappa shape index (κ3) is 5.30. The molecule has 0 saturated carbocycles. The van der Waals surface area contributed by atoms with Crippen molar-refractivity contribution in [1.29, 1.82) is 0 Å². The van der Waals surface area contributed by atoms with E-state index in [1.54, 1.807) is 19.1 Å². The van der Waals surface area contributed by atoms with Crippen molar-refractivity contribution in [3.63, 3.8) is 0 Å². The summed E-state index contributed by atoms with van der Waals surface area (Å²) >= 11 is 0. The Hall–Kier alpha value is -3.62. The number of aromatic nitrogens is 2. The summed E-state index contributed by atoms with van der Waals surface area (Å²) in [6.45, 7) is 3.44. The normalized spacial score (nSPS) is 12.3. The third-order valence-electron chi connectivity index (χ3n) is 4.61. The van der Waals surface area contributed by atoms with Crippen LogP contribution in [0.2, 0.25) is 0 Å². The highest BCUT2D eigenvalue weighted by molar-refractivity contribution is 5.98. The molecule has 0 aliphatic rings. The summed E-state index contributed by atoms with van der Waals surface area (Å²) in [5, 5.41) is 8.72. The van der Waals surface area contributed by atoms with Gasteiger partial charge in [0.1, 0.15) is 6.04 Å². The van der Waals surface area contributed by atoms with Crippen LogP contribution in [0.15, 0.2) is 60.8 Å². The second kappa shape index (κ2) is 9.03. The van der Waals surface area contributed by atoms with Crippen LogP contribution < -0.4 is 10.6 Å². The maximum Gasteiger partial charge on any atom is 0.434 e. The Morgan fingerprint density at radius 1 is 1.06 bits per heavy atom. The molecule has 0 aliphatic heterocycles. The Morgan fingerprint density at radius 3 is 2.32 bits per heavy atom. The smallest absolute Gasteiger partial charge is 0.350 e. The summed E-state index contributed by atoms with van der Waals surface area (Å²) in [5.74, 6) is -1.55. The van der Waals surface area contributed by atoms with Gasteiger partial charge in [-0.3, -0.25) is 9.59 Å². The lowest BCUT2D eigenvalue weighted by atomic mass is 10.2. The molecule has 3 aromatic rings. The zero-order valence-electron chi connectivity index (χ0n) is 16.9. The van der Waals surface area contributed by atoms with Gasteiger partial charge in [0.25, 0.3) is 5.91 Å². The molecule has 31 heavy (non-hydrogen) atoms. The van der Waals surface area contributed by atoms with Crippen LogP contribution >= 0.6 is 0 Å². The fraction of sp³-hybridized carbons (Fsp3) is 0.227. The fourth-order valence-electron chi connectivity index (χ4n) is 2.95. The van der Waals surface area contributed by atoms with Crippen LogP contribution in [-0.2, 0) is 17.5 Å². The highest BCUT2D eigenvalue weighted by Crippen LogP contribution is 2.33. The van der Waals surface area contributed by atoms with Crippen molar-refractivity contribution < 1.29 is 22.8 Å². The zero-order chi connectivity index (χ0) is 22.6. The number of nitrogens with zero attached hydrogens (tertiary/aromatic N) is 2. The second-order valence-electron chi connectivity index (χ2n) is 7.05. The number of nitrogens with one attached hydrogen (secondary N) is 2. The van der Waals surface area contributed by atoms with Gasteiger partial charge in [0.2, 0.25) is 5.91 Å². The molecule has 2 aromatic carbocycles. The number of benzene rings is 2. The topological polar surface area (TPSA) is 76.0 Å². The van der Waals surface area contributed by atoms with Crippen LogP contribution in [0.1, 0.15) is 34.1 Å². The van der Waals surface area contributed by atoms with Crippen molar-refractivity contribution in [2.24, 2.45) is 0 Å². The number of amides is 2. The molecule has 1 heterocycles. The van der Waals surface area contributed by atoms with E-state index >= 15 is 0 Å². The molecule has 9 heteroatoms. The molecule has 0 fully saturated rings. The van der Waals surface area contributed by atoms with Gasteiger partial charge in [-0.25, -0.2) is 4.68 Å². The van der Waals surface area contributed by atoms with E-state index in [1.807, 2.05) is 30.3 Å². The van der Waals surface area contributed by atoms with E-state index in [4.69, 9.17) is 0 Å². The van der Waals surface area contributed by atoms with E-state index in [-0.39, 0.29) is 12.2 Å². The Morgan fingerprint density at radius 2 is 1.71 bits per heavy atom. The summed E-state index contributed by atoms with van der Waals surface area (Å²) in [4.78, 5) is 24.8. The third-order valence-corrected chi connectivity index (χ3v) is 4.61. The summed E-state index contributed by atoms with van der Waals surface area (Å²) in [6.07, 6.45) is -3.97. The molecule has 1 atom stereocenters. The monoisotopic (exact) mass is 430 g/mol. The van der Waals surface area contributed by atoms with E-state index in [9.17, 15) is 22.8 Å². The van der Waals surface area contributed by atoms with Crippen LogP contribution in [-0.4, -0.2) is 27.6 Å². The predicted molar refractivity (Wildman–Crippen MR) is 109 cm³/mol.